The minimum Gasteiger partial charge on any atom is -0.376 e. The SMILES string of the molecule is CCCCC(N)CN1CC(C)OCC1C. The first kappa shape index (κ1) is 12.9. The molecule has 0 aromatic carbocycles. The van der Waals surface area contributed by atoms with E-state index in [4.69, 9.17) is 10.5 Å². The Morgan fingerprint density at radius 3 is 2.87 bits per heavy atom. The Hall–Kier alpha value is -0.120. The Balaban J connectivity index is 2.28. The fourth-order valence-electron chi connectivity index (χ4n) is 2.09. The van der Waals surface area contributed by atoms with E-state index < -0.39 is 0 Å². The second-order valence-electron chi connectivity index (χ2n) is 4.85. The monoisotopic (exact) mass is 214 g/mol. The largest absolute Gasteiger partial charge is 0.376 e. The van der Waals surface area contributed by atoms with Gasteiger partial charge in [-0.2, -0.15) is 0 Å². The molecule has 2 N–H and O–H groups in total. The zero-order valence-corrected chi connectivity index (χ0v) is 10.4. The van der Waals surface area contributed by atoms with Crippen molar-refractivity contribution in [3.8, 4) is 0 Å². The van der Waals surface area contributed by atoms with Gasteiger partial charge in [-0.05, 0) is 20.3 Å². The number of nitrogens with zero attached hydrogens (tertiary/aromatic N) is 1. The first-order valence-corrected chi connectivity index (χ1v) is 6.24. The van der Waals surface area contributed by atoms with Crippen molar-refractivity contribution in [2.75, 3.05) is 19.7 Å². The molecule has 0 saturated carbocycles. The Morgan fingerprint density at radius 2 is 2.20 bits per heavy atom. The van der Waals surface area contributed by atoms with Crippen molar-refractivity contribution in [2.45, 2.75) is 58.2 Å². The number of hydrogen-bond acceptors (Lipinski definition) is 3. The highest BCUT2D eigenvalue weighted by Crippen LogP contribution is 2.12. The molecule has 90 valence electrons. The summed E-state index contributed by atoms with van der Waals surface area (Å²) in [6.45, 7) is 9.47. The normalized spacial score (nSPS) is 30.4. The van der Waals surface area contributed by atoms with Crippen molar-refractivity contribution in [3.05, 3.63) is 0 Å². The number of hydrogen-bond donors (Lipinski definition) is 1. The van der Waals surface area contributed by atoms with Crippen molar-refractivity contribution in [2.24, 2.45) is 5.73 Å². The van der Waals surface area contributed by atoms with Crippen molar-refractivity contribution < 1.29 is 4.74 Å². The second kappa shape index (κ2) is 6.46. The molecule has 0 radical (unpaired) electrons. The molecule has 1 fully saturated rings. The molecule has 0 aromatic rings. The van der Waals surface area contributed by atoms with E-state index in [1.807, 2.05) is 0 Å². The van der Waals surface area contributed by atoms with E-state index >= 15 is 0 Å². The van der Waals surface area contributed by atoms with Gasteiger partial charge in [0.05, 0.1) is 12.7 Å². The van der Waals surface area contributed by atoms with Gasteiger partial charge in [0, 0.05) is 25.2 Å². The van der Waals surface area contributed by atoms with E-state index in [1.54, 1.807) is 0 Å². The van der Waals surface area contributed by atoms with E-state index in [9.17, 15) is 0 Å². The molecule has 1 rings (SSSR count). The lowest BCUT2D eigenvalue weighted by molar-refractivity contribution is -0.0511. The molecular formula is C12H26N2O. The highest BCUT2D eigenvalue weighted by molar-refractivity contribution is 4.78. The van der Waals surface area contributed by atoms with Gasteiger partial charge in [-0.15, -0.1) is 0 Å². The van der Waals surface area contributed by atoms with E-state index in [1.165, 1.54) is 12.8 Å². The molecule has 0 bridgehead atoms. The molecule has 1 aliphatic heterocycles. The van der Waals surface area contributed by atoms with Gasteiger partial charge < -0.3 is 10.5 Å². The molecule has 0 amide bonds. The lowest BCUT2D eigenvalue weighted by Gasteiger charge is -2.38. The summed E-state index contributed by atoms with van der Waals surface area (Å²) in [6.07, 6.45) is 3.99. The van der Waals surface area contributed by atoms with Gasteiger partial charge in [0.15, 0.2) is 0 Å². The quantitative estimate of drug-likeness (QED) is 0.755. The van der Waals surface area contributed by atoms with Crippen LogP contribution in [0.5, 0.6) is 0 Å². The van der Waals surface area contributed by atoms with Crippen LogP contribution in [-0.2, 0) is 4.74 Å². The Labute approximate surface area is 94.0 Å². The van der Waals surface area contributed by atoms with Crippen LogP contribution in [0.15, 0.2) is 0 Å². The maximum Gasteiger partial charge on any atom is 0.0674 e. The molecule has 3 nitrogen and oxygen atoms in total. The average Bonchev–Trinajstić information content (AvgIpc) is 2.20. The molecule has 1 heterocycles. The second-order valence-corrected chi connectivity index (χ2v) is 4.85. The van der Waals surface area contributed by atoms with Crippen LogP contribution in [0.2, 0.25) is 0 Å². The predicted octanol–water partition coefficient (Wildman–Crippen LogP) is 1.61. The van der Waals surface area contributed by atoms with Gasteiger partial charge in [0.2, 0.25) is 0 Å². The summed E-state index contributed by atoms with van der Waals surface area (Å²) in [5.41, 5.74) is 6.12. The van der Waals surface area contributed by atoms with Gasteiger partial charge in [-0.3, -0.25) is 4.90 Å². The van der Waals surface area contributed by atoms with Crippen molar-refractivity contribution in [1.29, 1.82) is 0 Å². The molecule has 1 aliphatic rings. The standard InChI is InChI=1S/C12H26N2O/c1-4-5-6-12(13)8-14-7-11(3)15-9-10(14)2/h10-12H,4-9,13H2,1-3H3. The van der Waals surface area contributed by atoms with Crippen LogP contribution in [0.25, 0.3) is 0 Å². The maximum absolute atomic E-state index is 6.12. The third kappa shape index (κ3) is 4.49. The van der Waals surface area contributed by atoms with Crippen LogP contribution >= 0.6 is 0 Å². The average molecular weight is 214 g/mol. The van der Waals surface area contributed by atoms with Crippen LogP contribution in [0, 0.1) is 0 Å². The van der Waals surface area contributed by atoms with Gasteiger partial charge in [0.25, 0.3) is 0 Å². The highest BCUT2D eigenvalue weighted by Gasteiger charge is 2.24. The molecule has 3 heteroatoms. The maximum atomic E-state index is 6.12. The molecule has 15 heavy (non-hydrogen) atoms. The zero-order valence-electron chi connectivity index (χ0n) is 10.4. The summed E-state index contributed by atoms with van der Waals surface area (Å²) in [5, 5.41) is 0. The minimum atomic E-state index is 0.331. The van der Waals surface area contributed by atoms with Gasteiger partial charge >= 0.3 is 0 Å². The van der Waals surface area contributed by atoms with Crippen LogP contribution in [0.1, 0.15) is 40.0 Å². The topological polar surface area (TPSA) is 38.5 Å². The summed E-state index contributed by atoms with van der Waals surface area (Å²) < 4.78 is 5.60. The molecule has 0 spiro atoms. The summed E-state index contributed by atoms with van der Waals surface area (Å²) >= 11 is 0. The number of nitrogens with two attached hydrogens (primary N) is 1. The number of rotatable bonds is 5. The Bertz CT molecular complexity index is 175. The summed E-state index contributed by atoms with van der Waals surface area (Å²) in [7, 11) is 0. The molecule has 0 aliphatic carbocycles. The van der Waals surface area contributed by atoms with E-state index in [0.29, 0.717) is 18.2 Å². The van der Waals surface area contributed by atoms with E-state index in [-0.39, 0.29) is 0 Å². The molecule has 0 aromatic heterocycles. The molecule has 1 saturated heterocycles. The third-order valence-corrected chi connectivity index (χ3v) is 3.13. The number of ether oxygens (including phenoxy) is 1. The van der Waals surface area contributed by atoms with Crippen molar-refractivity contribution in [1.82, 2.24) is 4.90 Å². The molecular weight excluding hydrogens is 188 g/mol. The first-order chi connectivity index (χ1) is 7.13. The van der Waals surface area contributed by atoms with Crippen LogP contribution in [-0.4, -0.2) is 42.8 Å². The highest BCUT2D eigenvalue weighted by atomic mass is 16.5. The van der Waals surface area contributed by atoms with Gasteiger partial charge in [0.1, 0.15) is 0 Å². The van der Waals surface area contributed by atoms with E-state index in [2.05, 4.69) is 25.7 Å². The summed E-state index contributed by atoms with van der Waals surface area (Å²) in [5.74, 6) is 0. The molecule has 3 unspecified atom stereocenters. The lowest BCUT2D eigenvalue weighted by Crippen LogP contribution is -2.51. The summed E-state index contributed by atoms with van der Waals surface area (Å²) in [4.78, 5) is 2.47. The van der Waals surface area contributed by atoms with Gasteiger partial charge in [-0.25, -0.2) is 0 Å². The first-order valence-electron chi connectivity index (χ1n) is 6.24. The summed E-state index contributed by atoms with van der Waals surface area (Å²) in [6, 6.07) is 0.853. The van der Waals surface area contributed by atoms with Crippen molar-refractivity contribution >= 4 is 0 Å². The smallest absolute Gasteiger partial charge is 0.0674 e. The zero-order chi connectivity index (χ0) is 11.3. The van der Waals surface area contributed by atoms with Crippen LogP contribution < -0.4 is 5.73 Å². The van der Waals surface area contributed by atoms with Crippen LogP contribution in [0.4, 0.5) is 0 Å². The Morgan fingerprint density at radius 1 is 1.47 bits per heavy atom. The molecule has 3 atom stereocenters. The van der Waals surface area contributed by atoms with Crippen LogP contribution in [0.3, 0.4) is 0 Å². The Kier molecular flexibility index (Phi) is 5.58. The fourth-order valence-corrected chi connectivity index (χ4v) is 2.09. The minimum absolute atomic E-state index is 0.331. The number of unbranched alkanes of at least 4 members (excludes halogenated alkanes) is 1. The predicted molar refractivity (Wildman–Crippen MR) is 63.9 cm³/mol. The number of morpholine rings is 1. The van der Waals surface area contributed by atoms with Gasteiger partial charge in [-0.1, -0.05) is 19.8 Å². The van der Waals surface area contributed by atoms with Crippen molar-refractivity contribution in [3.63, 3.8) is 0 Å². The van der Waals surface area contributed by atoms with E-state index in [0.717, 1.165) is 26.1 Å². The third-order valence-electron chi connectivity index (χ3n) is 3.13. The fraction of sp³-hybridized carbons (Fsp3) is 1.00. The lowest BCUT2D eigenvalue weighted by atomic mass is 10.1.